The van der Waals surface area contributed by atoms with E-state index in [0.29, 0.717) is 24.3 Å². The Kier molecular flexibility index (Phi) is 3.53. The second-order valence-corrected chi connectivity index (χ2v) is 4.20. The molecule has 4 N–H and O–H groups in total. The summed E-state index contributed by atoms with van der Waals surface area (Å²) < 4.78 is 1.70. The number of amides is 1. The number of aryl methyl sites for hydroxylation is 1. The van der Waals surface area contributed by atoms with Gasteiger partial charge < -0.3 is 20.7 Å². The first-order valence-electron chi connectivity index (χ1n) is 5.91. The van der Waals surface area contributed by atoms with Crippen molar-refractivity contribution in [2.75, 3.05) is 13.1 Å². The van der Waals surface area contributed by atoms with Crippen LogP contribution in [0.2, 0.25) is 0 Å². The van der Waals surface area contributed by atoms with Crippen LogP contribution in [0, 0.1) is 0 Å². The molecule has 0 unspecified atom stereocenters. The summed E-state index contributed by atoms with van der Waals surface area (Å²) in [6.07, 6.45) is 0.751. The van der Waals surface area contributed by atoms with Crippen LogP contribution in [0.1, 0.15) is 16.9 Å². The van der Waals surface area contributed by atoms with Gasteiger partial charge in [-0.25, -0.2) is 0 Å². The molecule has 0 spiro atoms. The summed E-state index contributed by atoms with van der Waals surface area (Å²) in [5, 5.41) is 13.4. The Morgan fingerprint density at radius 2 is 2.28 bits per heavy atom. The van der Waals surface area contributed by atoms with Crippen molar-refractivity contribution in [3.63, 3.8) is 0 Å². The van der Waals surface area contributed by atoms with Crippen molar-refractivity contribution in [3.05, 3.63) is 30.0 Å². The fourth-order valence-corrected chi connectivity index (χ4v) is 2.01. The lowest BCUT2D eigenvalue weighted by Gasteiger charge is -2.06. The summed E-state index contributed by atoms with van der Waals surface area (Å²) in [5.74, 6) is 0.0255. The first-order chi connectivity index (χ1) is 8.65. The van der Waals surface area contributed by atoms with E-state index in [2.05, 4.69) is 5.32 Å². The predicted molar refractivity (Wildman–Crippen MR) is 70.6 cm³/mol. The number of phenols is 1. The topological polar surface area (TPSA) is 80.3 Å². The summed E-state index contributed by atoms with van der Waals surface area (Å²) in [5.41, 5.74) is 6.57. The van der Waals surface area contributed by atoms with E-state index in [1.807, 2.05) is 6.07 Å². The first-order valence-corrected chi connectivity index (χ1v) is 5.91. The van der Waals surface area contributed by atoms with Gasteiger partial charge in [-0.05, 0) is 25.1 Å². The number of hydrogen-bond acceptors (Lipinski definition) is 3. The Bertz CT molecular complexity index is 575. The maximum atomic E-state index is 12.0. The largest absolute Gasteiger partial charge is 0.506 e. The lowest BCUT2D eigenvalue weighted by Crippen LogP contribution is -2.27. The fraction of sp³-hybridized carbons (Fsp3) is 0.308. The van der Waals surface area contributed by atoms with Crippen molar-refractivity contribution in [1.82, 2.24) is 9.88 Å². The number of benzene rings is 1. The van der Waals surface area contributed by atoms with Crippen molar-refractivity contribution < 1.29 is 9.90 Å². The third kappa shape index (κ3) is 2.17. The highest BCUT2D eigenvalue weighted by Crippen LogP contribution is 2.26. The molecule has 0 radical (unpaired) electrons. The molecule has 0 aliphatic rings. The SMILES string of the molecule is Cn1c(C(=O)NCCCN)cc2cccc(O)c21. The number of carbonyl (C=O) groups excluding carboxylic acids is 1. The van der Waals surface area contributed by atoms with Gasteiger partial charge in [0, 0.05) is 19.0 Å². The molecule has 2 rings (SSSR count). The van der Waals surface area contributed by atoms with E-state index in [4.69, 9.17) is 5.73 Å². The Morgan fingerprint density at radius 3 is 2.94 bits per heavy atom. The third-order valence-corrected chi connectivity index (χ3v) is 2.93. The van der Waals surface area contributed by atoms with Gasteiger partial charge in [-0.2, -0.15) is 0 Å². The number of rotatable bonds is 4. The third-order valence-electron chi connectivity index (χ3n) is 2.93. The van der Waals surface area contributed by atoms with E-state index in [-0.39, 0.29) is 11.7 Å². The van der Waals surface area contributed by atoms with Gasteiger partial charge in [0.15, 0.2) is 0 Å². The Morgan fingerprint density at radius 1 is 1.50 bits per heavy atom. The van der Waals surface area contributed by atoms with E-state index in [0.717, 1.165) is 11.8 Å². The zero-order chi connectivity index (χ0) is 13.1. The highest BCUT2D eigenvalue weighted by Gasteiger charge is 2.14. The number of nitrogens with zero attached hydrogens (tertiary/aromatic N) is 1. The van der Waals surface area contributed by atoms with Gasteiger partial charge in [0.2, 0.25) is 0 Å². The number of nitrogens with two attached hydrogens (primary N) is 1. The normalized spacial score (nSPS) is 10.8. The van der Waals surface area contributed by atoms with E-state index < -0.39 is 0 Å². The summed E-state index contributed by atoms with van der Waals surface area (Å²) in [7, 11) is 1.76. The quantitative estimate of drug-likeness (QED) is 0.704. The maximum Gasteiger partial charge on any atom is 0.267 e. The number of hydrogen-bond donors (Lipinski definition) is 3. The molecule has 0 bridgehead atoms. The van der Waals surface area contributed by atoms with Gasteiger partial charge in [0.1, 0.15) is 11.4 Å². The minimum absolute atomic E-state index is 0.151. The fourth-order valence-electron chi connectivity index (χ4n) is 2.01. The Labute approximate surface area is 105 Å². The van der Waals surface area contributed by atoms with Gasteiger partial charge in [-0.1, -0.05) is 12.1 Å². The van der Waals surface area contributed by atoms with Gasteiger partial charge in [-0.15, -0.1) is 0 Å². The van der Waals surface area contributed by atoms with Crippen LogP contribution in [0.25, 0.3) is 10.9 Å². The highest BCUT2D eigenvalue weighted by molar-refractivity contribution is 6.00. The monoisotopic (exact) mass is 247 g/mol. The van der Waals surface area contributed by atoms with Crippen molar-refractivity contribution in [3.8, 4) is 5.75 Å². The average molecular weight is 247 g/mol. The lowest BCUT2D eigenvalue weighted by atomic mass is 10.2. The van der Waals surface area contributed by atoms with Crippen LogP contribution >= 0.6 is 0 Å². The number of phenolic OH excluding ortho intramolecular Hbond substituents is 1. The lowest BCUT2D eigenvalue weighted by molar-refractivity contribution is 0.0946. The van der Waals surface area contributed by atoms with Crippen molar-refractivity contribution in [2.45, 2.75) is 6.42 Å². The predicted octanol–water partition coefficient (Wildman–Crippen LogP) is 0.962. The summed E-state index contributed by atoms with van der Waals surface area (Å²) in [6.45, 7) is 1.11. The van der Waals surface area contributed by atoms with Crippen LogP contribution in [-0.4, -0.2) is 28.7 Å². The van der Waals surface area contributed by atoms with E-state index in [1.54, 1.807) is 29.8 Å². The molecule has 1 amide bonds. The number of aromatic nitrogens is 1. The summed E-state index contributed by atoms with van der Waals surface area (Å²) >= 11 is 0. The van der Waals surface area contributed by atoms with E-state index in [1.165, 1.54) is 0 Å². The van der Waals surface area contributed by atoms with Crippen LogP contribution in [0.3, 0.4) is 0 Å². The number of aromatic hydroxyl groups is 1. The zero-order valence-electron chi connectivity index (χ0n) is 10.3. The first kappa shape index (κ1) is 12.4. The molecule has 0 saturated heterocycles. The smallest absolute Gasteiger partial charge is 0.267 e. The summed E-state index contributed by atoms with van der Waals surface area (Å²) in [6, 6.07) is 7.00. The second-order valence-electron chi connectivity index (χ2n) is 4.20. The van der Waals surface area contributed by atoms with Gasteiger partial charge in [0.25, 0.3) is 5.91 Å². The highest BCUT2D eigenvalue weighted by atomic mass is 16.3. The van der Waals surface area contributed by atoms with Crippen molar-refractivity contribution in [2.24, 2.45) is 12.8 Å². The molecule has 96 valence electrons. The van der Waals surface area contributed by atoms with Crippen LogP contribution in [0.15, 0.2) is 24.3 Å². The molecule has 18 heavy (non-hydrogen) atoms. The van der Waals surface area contributed by atoms with E-state index >= 15 is 0 Å². The van der Waals surface area contributed by atoms with Crippen molar-refractivity contribution in [1.29, 1.82) is 0 Å². The molecule has 1 aromatic heterocycles. The maximum absolute atomic E-state index is 12.0. The van der Waals surface area contributed by atoms with Crippen LogP contribution < -0.4 is 11.1 Å². The van der Waals surface area contributed by atoms with Gasteiger partial charge in [-0.3, -0.25) is 4.79 Å². The minimum atomic E-state index is -0.151. The Hall–Kier alpha value is -2.01. The Balaban J connectivity index is 2.31. The molecule has 0 atom stereocenters. The molecule has 0 fully saturated rings. The van der Waals surface area contributed by atoms with Crippen molar-refractivity contribution >= 4 is 16.8 Å². The van der Waals surface area contributed by atoms with Gasteiger partial charge in [0.05, 0.1) is 5.52 Å². The number of para-hydroxylation sites is 1. The second kappa shape index (κ2) is 5.10. The van der Waals surface area contributed by atoms with Crippen LogP contribution in [0.4, 0.5) is 0 Å². The standard InChI is InChI=1S/C13H17N3O2/c1-16-10(13(18)15-7-3-6-14)8-9-4-2-5-11(17)12(9)16/h2,4-5,8,17H,3,6-7,14H2,1H3,(H,15,18). The molecule has 5 nitrogen and oxygen atoms in total. The van der Waals surface area contributed by atoms with E-state index in [9.17, 15) is 9.90 Å². The molecule has 0 aliphatic heterocycles. The van der Waals surface area contributed by atoms with Crippen LogP contribution in [0.5, 0.6) is 5.75 Å². The molecule has 2 aromatic rings. The zero-order valence-corrected chi connectivity index (χ0v) is 10.3. The average Bonchev–Trinajstić information content (AvgIpc) is 2.68. The molecular formula is C13H17N3O2. The molecule has 1 aromatic carbocycles. The number of nitrogens with one attached hydrogen (secondary N) is 1. The molecule has 0 saturated carbocycles. The molecule has 5 heteroatoms. The summed E-state index contributed by atoms with van der Waals surface area (Å²) in [4.78, 5) is 12.0. The van der Waals surface area contributed by atoms with Gasteiger partial charge >= 0.3 is 0 Å². The molecular weight excluding hydrogens is 230 g/mol. The minimum Gasteiger partial charge on any atom is -0.506 e. The number of carbonyl (C=O) groups is 1. The number of fused-ring (bicyclic) bond motifs is 1. The van der Waals surface area contributed by atoms with Crippen LogP contribution in [-0.2, 0) is 7.05 Å². The molecule has 1 heterocycles. The molecule has 0 aliphatic carbocycles.